The van der Waals surface area contributed by atoms with Crippen LogP contribution in [-0.4, -0.2) is 81.0 Å². The average molecular weight is 801 g/mol. The van der Waals surface area contributed by atoms with Crippen molar-refractivity contribution < 1.29 is 28.7 Å². The first-order chi connectivity index (χ1) is 28.7. The van der Waals surface area contributed by atoms with E-state index in [1.165, 1.54) is 7.11 Å². The fourth-order valence-corrected chi connectivity index (χ4v) is 7.92. The number of aldehydes is 1. The number of benzene rings is 3. The highest BCUT2D eigenvalue weighted by Crippen LogP contribution is 2.34. The van der Waals surface area contributed by atoms with Crippen molar-refractivity contribution in [3.05, 3.63) is 108 Å². The lowest BCUT2D eigenvalue weighted by Crippen LogP contribution is -2.51. The smallest absolute Gasteiger partial charge is 0.408 e. The first-order valence-electron chi connectivity index (χ1n) is 20.3. The number of hydrogen-bond acceptors (Lipinski definition) is 9. The van der Waals surface area contributed by atoms with Crippen LogP contribution in [-0.2, 0) is 25.7 Å². The minimum Gasteiger partial charge on any atom is -0.453 e. The van der Waals surface area contributed by atoms with Gasteiger partial charge in [0.05, 0.1) is 49.0 Å². The largest absolute Gasteiger partial charge is 0.453 e. The Hall–Kier alpha value is -6.28. The van der Waals surface area contributed by atoms with Gasteiger partial charge in [0.1, 0.15) is 30.6 Å². The molecule has 308 valence electrons. The Morgan fingerprint density at radius 1 is 0.814 bits per heavy atom. The minimum absolute atomic E-state index is 0.0723. The van der Waals surface area contributed by atoms with Crippen molar-refractivity contribution in [3.63, 3.8) is 0 Å². The predicted molar refractivity (Wildman–Crippen MR) is 223 cm³/mol. The first kappa shape index (κ1) is 40.9. The first-order valence-corrected chi connectivity index (χ1v) is 20.3. The molecule has 5 atom stereocenters. The molecule has 2 aromatic heterocycles. The van der Waals surface area contributed by atoms with E-state index in [0.717, 1.165) is 89.2 Å². The van der Waals surface area contributed by atoms with Crippen molar-refractivity contribution >= 4 is 24.4 Å². The number of nitrogens with zero attached hydrogens (tertiary/aromatic N) is 3. The van der Waals surface area contributed by atoms with E-state index in [0.29, 0.717) is 13.0 Å². The van der Waals surface area contributed by atoms with Crippen LogP contribution in [0.2, 0.25) is 0 Å². The minimum atomic E-state index is -0.684. The molecule has 5 N–H and O–H groups in total. The molecule has 2 aliphatic rings. The van der Waals surface area contributed by atoms with E-state index in [9.17, 15) is 19.2 Å². The summed E-state index contributed by atoms with van der Waals surface area (Å²) in [5, 5.41) is 9.01. The van der Waals surface area contributed by atoms with Gasteiger partial charge in [0.2, 0.25) is 5.91 Å². The predicted octanol–water partition coefficient (Wildman–Crippen LogP) is 7.25. The van der Waals surface area contributed by atoms with E-state index in [4.69, 9.17) is 14.5 Å². The zero-order valence-electron chi connectivity index (χ0n) is 33.6. The molecule has 0 spiro atoms. The van der Waals surface area contributed by atoms with Crippen molar-refractivity contribution in [2.45, 2.75) is 89.2 Å². The molecule has 59 heavy (non-hydrogen) atoms. The maximum atomic E-state index is 13.5. The molecule has 3 aromatic carbocycles. The SMILES string of the molecule is COC(=O)N[C@H](C(=O)N1CCC[C@H]1c1ncc(-c2ccc(-c3ccc(-c4cnc([C@@H]5CC[C@H](CC[C@@H](C=O)NC(=O)OCc6ccccc6)N5)[nH]4)cc3)cc2)[nH]1)C(C)C. The number of amides is 3. The fraction of sp³-hybridized carbons (Fsp3) is 0.378. The maximum Gasteiger partial charge on any atom is 0.408 e. The van der Waals surface area contributed by atoms with Crippen LogP contribution < -0.4 is 16.0 Å². The topological polar surface area (TPSA) is 183 Å². The average Bonchev–Trinajstić information content (AvgIpc) is 4.11. The lowest BCUT2D eigenvalue weighted by molar-refractivity contribution is -0.135. The Morgan fingerprint density at radius 3 is 2.07 bits per heavy atom. The Labute approximate surface area is 343 Å². The highest BCUT2D eigenvalue weighted by atomic mass is 16.5. The second kappa shape index (κ2) is 19.0. The van der Waals surface area contributed by atoms with Gasteiger partial charge in [0.25, 0.3) is 0 Å². The van der Waals surface area contributed by atoms with E-state index in [2.05, 4.69) is 79.4 Å². The summed E-state index contributed by atoms with van der Waals surface area (Å²) in [5.41, 5.74) is 6.86. The number of H-pyrrole nitrogens is 2. The van der Waals surface area contributed by atoms with Crippen LogP contribution in [0.25, 0.3) is 33.6 Å². The van der Waals surface area contributed by atoms with Crippen LogP contribution >= 0.6 is 0 Å². The van der Waals surface area contributed by atoms with Gasteiger partial charge in [-0.15, -0.1) is 0 Å². The molecule has 14 nitrogen and oxygen atoms in total. The summed E-state index contributed by atoms with van der Waals surface area (Å²) < 4.78 is 10.0. The highest BCUT2D eigenvalue weighted by molar-refractivity contribution is 5.86. The number of aromatic nitrogens is 4. The third-order valence-corrected chi connectivity index (χ3v) is 11.2. The monoisotopic (exact) mass is 800 g/mol. The van der Waals surface area contributed by atoms with Gasteiger partial charge in [-0.1, -0.05) is 92.7 Å². The summed E-state index contributed by atoms with van der Waals surface area (Å²) >= 11 is 0. The summed E-state index contributed by atoms with van der Waals surface area (Å²) in [5.74, 6) is 1.37. The number of alkyl carbamates (subject to hydrolysis) is 2. The number of carbonyl (C=O) groups is 4. The number of rotatable bonds is 15. The van der Waals surface area contributed by atoms with Crippen LogP contribution in [0.5, 0.6) is 0 Å². The molecule has 2 aliphatic heterocycles. The number of aromatic amines is 2. The van der Waals surface area contributed by atoms with Gasteiger partial charge in [-0.25, -0.2) is 19.6 Å². The number of likely N-dealkylation sites (tertiary alicyclic amines) is 1. The summed E-state index contributed by atoms with van der Waals surface area (Å²) in [7, 11) is 1.29. The molecule has 0 radical (unpaired) electrons. The van der Waals surface area contributed by atoms with Gasteiger partial charge in [-0.05, 0) is 72.3 Å². The van der Waals surface area contributed by atoms with E-state index in [1.54, 1.807) is 0 Å². The molecule has 0 bridgehead atoms. The highest BCUT2D eigenvalue weighted by Gasteiger charge is 2.37. The van der Waals surface area contributed by atoms with Gasteiger partial charge in [-0.2, -0.15) is 0 Å². The number of hydrogen-bond donors (Lipinski definition) is 5. The Morgan fingerprint density at radius 2 is 1.44 bits per heavy atom. The Bertz CT molecular complexity index is 2190. The van der Waals surface area contributed by atoms with Crippen LogP contribution in [0, 0.1) is 5.92 Å². The molecule has 0 saturated carbocycles. The molecule has 0 aliphatic carbocycles. The molecule has 7 rings (SSSR count). The van der Waals surface area contributed by atoms with Gasteiger partial charge in [0.15, 0.2) is 0 Å². The van der Waals surface area contributed by atoms with Gasteiger partial charge in [0, 0.05) is 12.6 Å². The Balaban J connectivity index is 0.900. The number of carbonyl (C=O) groups excluding carboxylic acids is 4. The second-order valence-corrected chi connectivity index (χ2v) is 15.6. The normalized spacial score (nSPS) is 18.6. The lowest BCUT2D eigenvalue weighted by atomic mass is 10.0. The third kappa shape index (κ3) is 10.1. The fourth-order valence-electron chi connectivity index (χ4n) is 7.92. The van der Waals surface area contributed by atoms with Crippen LogP contribution in [0.3, 0.4) is 0 Å². The van der Waals surface area contributed by atoms with Crippen LogP contribution in [0.1, 0.15) is 81.7 Å². The lowest BCUT2D eigenvalue weighted by Gasteiger charge is -2.30. The molecule has 0 unspecified atom stereocenters. The summed E-state index contributed by atoms with van der Waals surface area (Å²) in [6, 6.07) is 24.9. The van der Waals surface area contributed by atoms with Gasteiger partial charge in [-0.3, -0.25) is 4.79 Å². The van der Waals surface area contributed by atoms with Crippen molar-refractivity contribution in [1.29, 1.82) is 0 Å². The molecule has 2 saturated heterocycles. The molecule has 2 fully saturated rings. The third-order valence-electron chi connectivity index (χ3n) is 11.2. The standard InChI is InChI=1S/C45H52N8O6/c1-28(2)40(52-44(56)58-3)43(55)53-23-7-10-39(53)42-47-25-38(51-42)33-17-13-31(14-18-33)30-11-15-32(16-12-30)37-24-46-41(50-37)36-22-21-34(48-36)19-20-35(26-54)49-45(57)59-27-29-8-5-4-6-9-29/h4-6,8-9,11-18,24-26,28,34-36,39-40,48H,7,10,19-23,27H2,1-3H3,(H,46,50)(H,47,51)(H,49,57)(H,52,56)/t34-,35-,36-,39-,40-/m0/s1. The number of nitrogens with one attached hydrogen (secondary N) is 5. The molecular weight excluding hydrogens is 749 g/mol. The zero-order valence-corrected chi connectivity index (χ0v) is 33.6. The quantitative estimate of drug-likeness (QED) is 0.0681. The number of methoxy groups -OCH3 is 1. The maximum absolute atomic E-state index is 13.5. The second-order valence-electron chi connectivity index (χ2n) is 15.6. The van der Waals surface area contributed by atoms with E-state index >= 15 is 0 Å². The summed E-state index contributed by atoms with van der Waals surface area (Å²) in [4.78, 5) is 67.6. The van der Waals surface area contributed by atoms with E-state index < -0.39 is 24.3 Å². The summed E-state index contributed by atoms with van der Waals surface area (Å²) in [6.45, 7) is 4.55. The zero-order chi connectivity index (χ0) is 41.3. The van der Waals surface area contributed by atoms with Crippen molar-refractivity contribution in [3.8, 4) is 33.6 Å². The van der Waals surface area contributed by atoms with Crippen molar-refractivity contribution in [2.24, 2.45) is 5.92 Å². The number of ether oxygens (including phenoxy) is 2. The molecular formula is C45H52N8O6. The van der Waals surface area contributed by atoms with Crippen LogP contribution in [0.4, 0.5) is 9.59 Å². The molecule has 4 heterocycles. The van der Waals surface area contributed by atoms with E-state index in [1.807, 2.05) is 61.5 Å². The molecule has 3 amide bonds. The number of imidazole rings is 2. The molecule has 14 heteroatoms. The van der Waals surface area contributed by atoms with Crippen LogP contribution in [0.15, 0.2) is 91.3 Å². The Kier molecular flexibility index (Phi) is 13.2. The van der Waals surface area contributed by atoms with Gasteiger partial charge < -0.3 is 45.1 Å². The molecule has 5 aromatic rings. The summed E-state index contributed by atoms with van der Waals surface area (Å²) in [6.07, 6.45) is 7.95. The van der Waals surface area contributed by atoms with Crippen molar-refractivity contribution in [2.75, 3.05) is 13.7 Å². The van der Waals surface area contributed by atoms with Crippen molar-refractivity contribution in [1.82, 2.24) is 40.8 Å². The van der Waals surface area contributed by atoms with E-state index in [-0.39, 0.29) is 36.6 Å². The van der Waals surface area contributed by atoms with Gasteiger partial charge >= 0.3 is 12.2 Å².